The van der Waals surface area contributed by atoms with Crippen molar-refractivity contribution in [3.05, 3.63) is 66.4 Å². The van der Waals surface area contributed by atoms with Gasteiger partial charge in [0, 0.05) is 18.1 Å². The van der Waals surface area contributed by atoms with E-state index in [1.165, 1.54) is 10.9 Å². The fraction of sp³-hybridized carbons (Fsp3) is 0.0667. The number of para-hydroxylation sites is 1. The van der Waals surface area contributed by atoms with Crippen molar-refractivity contribution in [1.29, 1.82) is 0 Å². The van der Waals surface area contributed by atoms with Gasteiger partial charge in [0.25, 0.3) is 0 Å². The van der Waals surface area contributed by atoms with Crippen LogP contribution in [0, 0.1) is 0 Å². The van der Waals surface area contributed by atoms with Crippen molar-refractivity contribution in [1.82, 2.24) is 4.57 Å². The second-order valence-electron chi connectivity index (χ2n) is 4.21. The van der Waals surface area contributed by atoms with Crippen LogP contribution in [0.4, 0.5) is 5.69 Å². The van der Waals surface area contributed by atoms with Gasteiger partial charge < -0.3 is 10.3 Å². The average Bonchev–Trinajstić information content (AvgIpc) is 2.75. The van der Waals surface area contributed by atoms with E-state index in [1.54, 1.807) is 0 Å². The zero-order chi connectivity index (χ0) is 11.7. The molecule has 0 aliphatic carbocycles. The molecule has 0 saturated heterocycles. The molecular formula is C15H14N2. The fourth-order valence-electron chi connectivity index (χ4n) is 2.20. The topological polar surface area (TPSA) is 30.9 Å². The predicted octanol–water partition coefficient (Wildman–Crippen LogP) is 3.27. The van der Waals surface area contributed by atoms with Crippen LogP contribution in [0.15, 0.2) is 60.8 Å². The minimum atomic E-state index is 0.837. The molecule has 0 amide bonds. The Hall–Kier alpha value is -2.22. The number of rotatable bonds is 2. The van der Waals surface area contributed by atoms with E-state index in [0.29, 0.717) is 0 Å². The van der Waals surface area contributed by atoms with Crippen LogP contribution in [0.1, 0.15) is 5.56 Å². The maximum absolute atomic E-state index is 6.03. The summed E-state index contributed by atoms with van der Waals surface area (Å²) in [7, 11) is 0. The van der Waals surface area contributed by atoms with Crippen LogP contribution in [0.5, 0.6) is 0 Å². The number of nitrogens with zero attached hydrogens (tertiary/aromatic N) is 1. The second-order valence-corrected chi connectivity index (χ2v) is 4.21. The summed E-state index contributed by atoms with van der Waals surface area (Å²) >= 11 is 0. The quantitative estimate of drug-likeness (QED) is 0.663. The molecule has 1 heterocycles. The van der Waals surface area contributed by atoms with Gasteiger partial charge in [-0.05, 0) is 17.7 Å². The van der Waals surface area contributed by atoms with E-state index in [4.69, 9.17) is 5.73 Å². The summed E-state index contributed by atoms with van der Waals surface area (Å²) in [5, 5.41) is 1.20. The Balaban J connectivity index is 2.07. The molecule has 2 N–H and O–H groups in total. The van der Waals surface area contributed by atoms with Gasteiger partial charge >= 0.3 is 0 Å². The van der Waals surface area contributed by atoms with E-state index in [0.717, 1.165) is 17.7 Å². The first-order valence-electron chi connectivity index (χ1n) is 5.72. The first kappa shape index (κ1) is 9.97. The van der Waals surface area contributed by atoms with Crippen LogP contribution in [-0.4, -0.2) is 4.57 Å². The molecule has 0 unspecified atom stereocenters. The third-order valence-electron chi connectivity index (χ3n) is 3.02. The Labute approximate surface area is 100 Å². The van der Waals surface area contributed by atoms with Gasteiger partial charge in [0.1, 0.15) is 0 Å². The third-order valence-corrected chi connectivity index (χ3v) is 3.02. The number of anilines is 1. The van der Waals surface area contributed by atoms with Crippen molar-refractivity contribution in [2.24, 2.45) is 0 Å². The number of benzene rings is 2. The second kappa shape index (κ2) is 3.98. The normalized spacial score (nSPS) is 10.8. The van der Waals surface area contributed by atoms with Gasteiger partial charge in [-0.25, -0.2) is 0 Å². The Morgan fingerprint density at radius 1 is 0.882 bits per heavy atom. The van der Waals surface area contributed by atoms with Crippen LogP contribution >= 0.6 is 0 Å². The maximum Gasteiger partial charge on any atom is 0.0716 e. The number of nitrogen functional groups attached to an aromatic ring is 1. The first-order chi connectivity index (χ1) is 8.34. The summed E-state index contributed by atoms with van der Waals surface area (Å²) in [6, 6.07) is 18.5. The molecule has 17 heavy (non-hydrogen) atoms. The number of fused-ring (bicyclic) bond motifs is 1. The highest BCUT2D eigenvalue weighted by Gasteiger charge is 2.04. The number of hydrogen-bond donors (Lipinski definition) is 1. The summed E-state index contributed by atoms with van der Waals surface area (Å²) < 4.78 is 2.19. The van der Waals surface area contributed by atoms with Crippen molar-refractivity contribution in [3.63, 3.8) is 0 Å². The highest BCUT2D eigenvalue weighted by Crippen LogP contribution is 2.22. The zero-order valence-corrected chi connectivity index (χ0v) is 9.51. The van der Waals surface area contributed by atoms with E-state index in [-0.39, 0.29) is 0 Å². The van der Waals surface area contributed by atoms with Crippen LogP contribution in [0.3, 0.4) is 0 Å². The Bertz CT molecular complexity index is 638. The molecule has 0 spiro atoms. The van der Waals surface area contributed by atoms with Gasteiger partial charge in [-0.1, -0.05) is 42.5 Å². The van der Waals surface area contributed by atoms with Gasteiger partial charge in [0.15, 0.2) is 0 Å². The smallest absolute Gasteiger partial charge is 0.0716 e. The van der Waals surface area contributed by atoms with Gasteiger partial charge in [-0.2, -0.15) is 0 Å². The molecule has 3 rings (SSSR count). The van der Waals surface area contributed by atoms with Crippen molar-refractivity contribution in [3.8, 4) is 0 Å². The molecule has 2 heteroatoms. The summed E-state index contributed by atoms with van der Waals surface area (Å²) in [5.74, 6) is 0. The van der Waals surface area contributed by atoms with Crippen molar-refractivity contribution in [2.75, 3.05) is 5.73 Å². The molecule has 0 radical (unpaired) electrons. The lowest BCUT2D eigenvalue weighted by Gasteiger charge is -2.07. The maximum atomic E-state index is 6.03. The average molecular weight is 222 g/mol. The van der Waals surface area contributed by atoms with Crippen LogP contribution in [0.25, 0.3) is 10.9 Å². The van der Waals surface area contributed by atoms with Crippen LogP contribution < -0.4 is 5.73 Å². The van der Waals surface area contributed by atoms with Crippen molar-refractivity contribution < 1.29 is 0 Å². The minimum Gasteiger partial charge on any atom is -0.397 e. The van der Waals surface area contributed by atoms with Gasteiger partial charge in [0.05, 0.1) is 11.2 Å². The Morgan fingerprint density at radius 3 is 2.53 bits per heavy atom. The molecule has 0 aliphatic rings. The molecular weight excluding hydrogens is 208 g/mol. The number of nitrogens with two attached hydrogens (primary N) is 1. The highest BCUT2D eigenvalue weighted by atomic mass is 15.0. The Kier molecular flexibility index (Phi) is 2.33. The van der Waals surface area contributed by atoms with Crippen molar-refractivity contribution >= 4 is 16.6 Å². The monoisotopic (exact) mass is 222 g/mol. The largest absolute Gasteiger partial charge is 0.397 e. The van der Waals surface area contributed by atoms with E-state index >= 15 is 0 Å². The number of aromatic nitrogens is 1. The summed E-state index contributed by atoms with van der Waals surface area (Å²) in [5.41, 5.74) is 9.28. The fourth-order valence-corrected chi connectivity index (χ4v) is 2.20. The van der Waals surface area contributed by atoms with Gasteiger partial charge in [-0.15, -0.1) is 0 Å². The molecule has 0 bridgehead atoms. The summed E-state index contributed by atoms with van der Waals surface area (Å²) in [6.45, 7) is 0.860. The van der Waals surface area contributed by atoms with Crippen LogP contribution in [0.2, 0.25) is 0 Å². The molecule has 2 aromatic carbocycles. The van der Waals surface area contributed by atoms with E-state index in [1.807, 2.05) is 18.2 Å². The van der Waals surface area contributed by atoms with Crippen LogP contribution in [-0.2, 0) is 6.54 Å². The molecule has 84 valence electrons. The van der Waals surface area contributed by atoms with E-state index in [2.05, 4.69) is 47.2 Å². The number of hydrogen-bond acceptors (Lipinski definition) is 1. The molecule has 0 fully saturated rings. The molecule has 0 aliphatic heterocycles. The lowest BCUT2D eigenvalue weighted by Crippen LogP contribution is -1.99. The van der Waals surface area contributed by atoms with E-state index < -0.39 is 0 Å². The van der Waals surface area contributed by atoms with Gasteiger partial charge in [-0.3, -0.25) is 0 Å². The zero-order valence-electron chi connectivity index (χ0n) is 9.51. The lowest BCUT2D eigenvalue weighted by molar-refractivity contribution is 0.838. The van der Waals surface area contributed by atoms with Gasteiger partial charge in [0.2, 0.25) is 0 Å². The molecule has 0 saturated carbocycles. The summed E-state index contributed by atoms with van der Waals surface area (Å²) in [6.07, 6.45) is 2.09. The summed E-state index contributed by atoms with van der Waals surface area (Å²) in [4.78, 5) is 0. The molecule has 3 aromatic rings. The molecule has 0 atom stereocenters. The lowest BCUT2D eigenvalue weighted by atomic mass is 10.2. The van der Waals surface area contributed by atoms with Crippen molar-refractivity contribution in [2.45, 2.75) is 6.54 Å². The SMILES string of the molecule is Nc1cccc2ccn(Cc3ccccc3)c12. The third kappa shape index (κ3) is 1.78. The minimum absolute atomic E-state index is 0.837. The Morgan fingerprint density at radius 2 is 1.71 bits per heavy atom. The predicted molar refractivity (Wildman–Crippen MR) is 71.9 cm³/mol. The molecule has 1 aromatic heterocycles. The highest BCUT2D eigenvalue weighted by molar-refractivity contribution is 5.90. The standard InChI is InChI=1S/C15H14N2/c16-14-8-4-7-13-9-10-17(15(13)14)11-12-5-2-1-3-6-12/h1-10H,11,16H2. The first-order valence-corrected chi connectivity index (χ1v) is 5.72. The van der Waals surface area contributed by atoms with E-state index in [9.17, 15) is 0 Å². The molecule has 2 nitrogen and oxygen atoms in total.